The van der Waals surface area contributed by atoms with Crippen LogP contribution in [0.15, 0.2) is 12.1 Å². The predicted molar refractivity (Wildman–Crippen MR) is 64.3 cm³/mol. The van der Waals surface area contributed by atoms with Gasteiger partial charge >= 0.3 is 0 Å². The van der Waals surface area contributed by atoms with Gasteiger partial charge in [0.15, 0.2) is 0 Å². The number of imidazole rings is 1. The molecular formula is C13H18N2. The van der Waals surface area contributed by atoms with Crippen molar-refractivity contribution in [1.29, 1.82) is 0 Å². The van der Waals surface area contributed by atoms with E-state index in [2.05, 4.69) is 49.8 Å². The number of aromatic nitrogens is 2. The molecule has 1 atom stereocenters. The van der Waals surface area contributed by atoms with E-state index in [9.17, 15) is 0 Å². The Hall–Kier alpha value is -1.31. The van der Waals surface area contributed by atoms with E-state index in [1.54, 1.807) is 0 Å². The average Bonchev–Trinajstić information content (AvgIpc) is 2.60. The standard InChI is InChI=1S/C13H18N2/c1-5-8(2)13-14-11-6-9(3)10(4)7-12(11)15-13/h6-8H,5H2,1-4H3,(H,14,15). The van der Waals surface area contributed by atoms with Gasteiger partial charge in [-0.3, -0.25) is 0 Å². The molecule has 0 aliphatic heterocycles. The summed E-state index contributed by atoms with van der Waals surface area (Å²) in [5.74, 6) is 1.62. The average molecular weight is 202 g/mol. The van der Waals surface area contributed by atoms with Crippen LogP contribution in [-0.2, 0) is 0 Å². The highest BCUT2D eigenvalue weighted by Crippen LogP contribution is 2.22. The molecule has 0 spiro atoms. The van der Waals surface area contributed by atoms with E-state index in [4.69, 9.17) is 0 Å². The van der Waals surface area contributed by atoms with E-state index in [0.29, 0.717) is 5.92 Å². The van der Waals surface area contributed by atoms with E-state index in [-0.39, 0.29) is 0 Å². The summed E-state index contributed by atoms with van der Waals surface area (Å²) in [6.07, 6.45) is 1.12. The third-order valence-electron chi connectivity index (χ3n) is 3.19. The van der Waals surface area contributed by atoms with Crippen LogP contribution in [-0.4, -0.2) is 9.97 Å². The summed E-state index contributed by atoms with van der Waals surface area (Å²) in [6.45, 7) is 8.66. The summed E-state index contributed by atoms with van der Waals surface area (Å²) < 4.78 is 0. The number of rotatable bonds is 2. The number of hydrogen-bond acceptors (Lipinski definition) is 1. The molecule has 0 saturated heterocycles. The second-order valence-electron chi connectivity index (χ2n) is 4.38. The lowest BCUT2D eigenvalue weighted by Gasteiger charge is -2.01. The van der Waals surface area contributed by atoms with Crippen LogP contribution in [0.25, 0.3) is 11.0 Å². The molecule has 2 heteroatoms. The van der Waals surface area contributed by atoms with Crippen LogP contribution in [0.3, 0.4) is 0 Å². The number of hydrogen-bond donors (Lipinski definition) is 1. The molecule has 15 heavy (non-hydrogen) atoms. The molecule has 1 aromatic heterocycles. The minimum atomic E-state index is 0.512. The zero-order chi connectivity index (χ0) is 11.0. The fraction of sp³-hybridized carbons (Fsp3) is 0.462. The smallest absolute Gasteiger partial charge is 0.110 e. The summed E-state index contributed by atoms with van der Waals surface area (Å²) in [6, 6.07) is 4.34. The highest BCUT2D eigenvalue weighted by molar-refractivity contribution is 5.77. The molecule has 2 nitrogen and oxygen atoms in total. The Bertz CT molecular complexity index is 443. The maximum Gasteiger partial charge on any atom is 0.110 e. The van der Waals surface area contributed by atoms with Crippen molar-refractivity contribution in [3.05, 3.63) is 29.1 Å². The zero-order valence-electron chi connectivity index (χ0n) is 9.89. The van der Waals surface area contributed by atoms with Gasteiger partial charge in [0.2, 0.25) is 0 Å². The Kier molecular flexibility index (Phi) is 2.51. The van der Waals surface area contributed by atoms with Crippen molar-refractivity contribution in [3.63, 3.8) is 0 Å². The molecule has 1 aromatic carbocycles. The van der Waals surface area contributed by atoms with Gasteiger partial charge in [-0.1, -0.05) is 13.8 Å². The van der Waals surface area contributed by atoms with Gasteiger partial charge in [-0.15, -0.1) is 0 Å². The fourth-order valence-corrected chi connectivity index (χ4v) is 1.72. The molecular weight excluding hydrogens is 184 g/mol. The van der Waals surface area contributed by atoms with Crippen molar-refractivity contribution in [2.24, 2.45) is 0 Å². The first-order valence-electron chi connectivity index (χ1n) is 5.58. The number of nitrogens with zero attached hydrogens (tertiary/aromatic N) is 1. The van der Waals surface area contributed by atoms with Crippen molar-refractivity contribution in [3.8, 4) is 0 Å². The van der Waals surface area contributed by atoms with Crippen LogP contribution in [0.5, 0.6) is 0 Å². The molecule has 0 fully saturated rings. The number of fused-ring (bicyclic) bond motifs is 1. The maximum atomic E-state index is 4.63. The second-order valence-corrected chi connectivity index (χ2v) is 4.38. The molecule has 0 radical (unpaired) electrons. The lowest BCUT2D eigenvalue weighted by atomic mass is 10.1. The Balaban J connectivity index is 2.56. The lowest BCUT2D eigenvalue weighted by molar-refractivity contribution is 0.692. The first kappa shape index (κ1) is 10.2. The Morgan fingerprint density at radius 3 is 2.60 bits per heavy atom. The largest absolute Gasteiger partial charge is 0.342 e. The Morgan fingerprint density at radius 2 is 1.93 bits per heavy atom. The quantitative estimate of drug-likeness (QED) is 0.790. The highest BCUT2D eigenvalue weighted by atomic mass is 14.9. The summed E-state index contributed by atoms with van der Waals surface area (Å²) in [5, 5.41) is 0. The monoisotopic (exact) mass is 202 g/mol. The molecule has 1 unspecified atom stereocenters. The van der Waals surface area contributed by atoms with Crippen molar-refractivity contribution >= 4 is 11.0 Å². The molecule has 0 aliphatic carbocycles. The van der Waals surface area contributed by atoms with Gasteiger partial charge in [0.05, 0.1) is 11.0 Å². The van der Waals surface area contributed by atoms with E-state index >= 15 is 0 Å². The summed E-state index contributed by atoms with van der Waals surface area (Å²) in [5.41, 5.74) is 4.88. The molecule has 1 heterocycles. The van der Waals surface area contributed by atoms with Crippen LogP contribution in [0.2, 0.25) is 0 Å². The van der Waals surface area contributed by atoms with Crippen molar-refractivity contribution in [2.45, 2.75) is 40.0 Å². The molecule has 2 aromatic rings. The molecule has 0 bridgehead atoms. The van der Waals surface area contributed by atoms with Gasteiger partial charge in [-0.25, -0.2) is 4.98 Å². The van der Waals surface area contributed by atoms with E-state index in [1.807, 2.05) is 0 Å². The third kappa shape index (κ3) is 1.76. The number of benzene rings is 1. The number of H-pyrrole nitrogens is 1. The maximum absolute atomic E-state index is 4.63. The van der Waals surface area contributed by atoms with Crippen LogP contribution < -0.4 is 0 Å². The SMILES string of the molecule is CCC(C)c1nc2cc(C)c(C)cc2[nH]1. The second kappa shape index (κ2) is 3.69. The minimum absolute atomic E-state index is 0.512. The predicted octanol–water partition coefficient (Wildman–Crippen LogP) is 3.69. The first-order chi connectivity index (χ1) is 7.11. The van der Waals surface area contributed by atoms with Crippen molar-refractivity contribution in [2.75, 3.05) is 0 Å². The van der Waals surface area contributed by atoms with Crippen LogP contribution in [0.1, 0.15) is 43.1 Å². The Morgan fingerprint density at radius 1 is 1.27 bits per heavy atom. The third-order valence-corrected chi connectivity index (χ3v) is 3.19. The minimum Gasteiger partial charge on any atom is -0.342 e. The summed E-state index contributed by atoms with van der Waals surface area (Å²) in [7, 11) is 0. The van der Waals surface area contributed by atoms with Gasteiger partial charge in [0.25, 0.3) is 0 Å². The summed E-state index contributed by atoms with van der Waals surface area (Å²) >= 11 is 0. The lowest BCUT2D eigenvalue weighted by Crippen LogP contribution is -1.92. The molecule has 2 rings (SSSR count). The first-order valence-corrected chi connectivity index (χ1v) is 5.58. The van der Waals surface area contributed by atoms with Gasteiger partial charge in [-0.05, 0) is 43.5 Å². The topological polar surface area (TPSA) is 28.7 Å². The van der Waals surface area contributed by atoms with Gasteiger partial charge in [0, 0.05) is 5.92 Å². The van der Waals surface area contributed by atoms with Gasteiger partial charge in [-0.2, -0.15) is 0 Å². The van der Waals surface area contributed by atoms with E-state index < -0.39 is 0 Å². The van der Waals surface area contributed by atoms with E-state index in [0.717, 1.165) is 23.3 Å². The van der Waals surface area contributed by atoms with Gasteiger partial charge in [0.1, 0.15) is 5.82 Å². The van der Waals surface area contributed by atoms with Crippen molar-refractivity contribution in [1.82, 2.24) is 9.97 Å². The highest BCUT2D eigenvalue weighted by Gasteiger charge is 2.09. The van der Waals surface area contributed by atoms with Crippen LogP contribution >= 0.6 is 0 Å². The molecule has 0 saturated carbocycles. The number of nitrogens with one attached hydrogen (secondary N) is 1. The zero-order valence-corrected chi connectivity index (χ0v) is 9.89. The molecule has 0 amide bonds. The molecule has 1 N–H and O–H groups in total. The van der Waals surface area contributed by atoms with Crippen LogP contribution in [0, 0.1) is 13.8 Å². The van der Waals surface area contributed by atoms with Gasteiger partial charge < -0.3 is 4.98 Å². The fourth-order valence-electron chi connectivity index (χ4n) is 1.72. The molecule has 80 valence electrons. The molecule has 0 aliphatic rings. The van der Waals surface area contributed by atoms with Crippen molar-refractivity contribution < 1.29 is 0 Å². The Labute approximate surface area is 90.7 Å². The van der Waals surface area contributed by atoms with E-state index in [1.165, 1.54) is 11.1 Å². The normalized spacial score (nSPS) is 13.3. The summed E-state index contributed by atoms with van der Waals surface area (Å²) in [4.78, 5) is 8.03. The number of aromatic amines is 1. The van der Waals surface area contributed by atoms with Crippen LogP contribution in [0.4, 0.5) is 0 Å². The number of aryl methyl sites for hydroxylation is 2.